The number of rotatable bonds is 4. The summed E-state index contributed by atoms with van der Waals surface area (Å²) in [5.74, 6) is 0.626. The Morgan fingerprint density at radius 2 is 1.83 bits per heavy atom. The van der Waals surface area contributed by atoms with Crippen LogP contribution >= 0.6 is 0 Å². The van der Waals surface area contributed by atoms with Crippen molar-refractivity contribution in [3.8, 4) is 0 Å². The van der Waals surface area contributed by atoms with E-state index in [0.717, 1.165) is 12.1 Å². The van der Waals surface area contributed by atoms with Gasteiger partial charge in [0.2, 0.25) is 5.91 Å². The highest BCUT2D eigenvalue weighted by atomic mass is 16.1. The van der Waals surface area contributed by atoms with E-state index in [0.29, 0.717) is 23.9 Å². The zero-order valence-corrected chi connectivity index (χ0v) is 13.9. The van der Waals surface area contributed by atoms with E-state index in [1.807, 2.05) is 12.1 Å². The van der Waals surface area contributed by atoms with Crippen molar-refractivity contribution in [1.29, 1.82) is 0 Å². The Bertz CT molecular complexity index is 565. The Labute approximate surface area is 138 Å². The third-order valence-electron chi connectivity index (χ3n) is 5.25. The molecule has 124 valence electrons. The fraction of sp³-hybridized carbons (Fsp3) is 0.579. The van der Waals surface area contributed by atoms with Gasteiger partial charge in [-0.05, 0) is 75.9 Å². The minimum atomic E-state index is 0.0440. The lowest BCUT2D eigenvalue weighted by atomic mass is 9.81. The van der Waals surface area contributed by atoms with Gasteiger partial charge in [0.25, 0.3) is 0 Å². The van der Waals surface area contributed by atoms with E-state index in [4.69, 9.17) is 0 Å². The van der Waals surface area contributed by atoms with E-state index < -0.39 is 0 Å². The Morgan fingerprint density at radius 3 is 2.57 bits per heavy atom. The number of nitrogens with zero attached hydrogens (tertiary/aromatic N) is 1. The highest BCUT2D eigenvalue weighted by Crippen LogP contribution is 2.32. The van der Waals surface area contributed by atoms with Crippen LogP contribution in [0.25, 0.3) is 0 Å². The molecule has 2 fully saturated rings. The van der Waals surface area contributed by atoms with Crippen molar-refractivity contribution < 1.29 is 9.59 Å². The Balaban J connectivity index is 1.57. The summed E-state index contributed by atoms with van der Waals surface area (Å²) in [5, 5.41) is 2.98. The van der Waals surface area contributed by atoms with E-state index in [1.165, 1.54) is 38.8 Å². The molecular weight excluding hydrogens is 288 g/mol. The van der Waals surface area contributed by atoms with E-state index in [1.54, 1.807) is 19.1 Å². The van der Waals surface area contributed by atoms with Crippen molar-refractivity contribution in [2.75, 3.05) is 18.4 Å². The van der Waals surface area contributed by atoms with E-state index in [2.05, 4.69) is 10.2 Å². The van der Waals surface area contributed by atoms with Crippen LogP contribution in [0, 0.1) is 5.92 Å². The van der Waals surface area contributed by atoms with Gasteiger partial charge in [-0.1, -0.05) is 6.42 Å². The maximum absolute atomic E-state index is 12.4. The van der Waals surface area contributed by atoms with Gasteiger partial charge in [0.1, 0.15) is 0 Å². The topological polar surface area (TPSA) is 49.4 Å². The number of hydrogen-bond acceptors (Lipinski definition) is 3. The number of nitrogens with one attached hydrogen (secondary N) is 1. The molecule has 1 aromatic carbocycles. The summed E-state index contributed by atoms with van der Waals surface area (Å²) in [6.07, 6.45) is 6.82. The SMILES string of the molecule is CC(=O)c1ccc(NC(=O)C[C@H]2CCCN3CCCC[C@H]23)cc1. The second-order valence-electron chi connectivity index (χ2n) is 6.89. The minimum absolute atomic E-state index is 0.0440. The molecule has 0 radical (unpaired) electrons. The molecule has 2 aliphatic rings. The van der Waals surface area contributed by atoms with E-state index in [-0.39, 0.29) is 11.7 Å². The summed E-state index contributed by atoms with van der Waals surface area (Å²) in [4.78, 5) is 26.3. The van der Waals surface area contributed by atoms with Gasteiger partial charge in [0.05, 0.1) is 0 Å². The molecule has 1 N–H and O–H groups in total. The molecule has 2 saturated heterocycles. The summed E-state index contributed by atoms with van der Waals surface area (Å²) in [7, 11) is 0. The number of carbonyl (C=O) groups is 2. The fourth-order valence-corrected chi connectivity index (χ4v) is 4.05. The summed E-state index contributed by atoms with van der Waals surface area (Å²) in [6.45, 7) is 3.96. The van der Waals surface area contributed by atoms with Gasteiger partial charge < -0.3 is 10.2 Å². The molecule has 2 aliphatic heterocycles. The normalized spacial score (nSPS) is 24.7. The molecule has 4 heteroatoms. The Hall–Kier alpha value is -1.68. The molecule has 0 saturated carbocycles. The third kappa shape index (κ3) is 3.99. The van der Waals surface area contributed by atoms with Gasteiger partial charge in [-0.2, -0.15) is 0 Å². The average molecular weight is 314 g/mol. The largest absolute Gasteiger partial charge is 0.326 e. The van der Waals surface area contributed by atoms with Gasteiger partial charge in [-0.3, -0.25) is 9.59 Å². The van der Waals surface area contributed by atoms with Crippen LogP contribution in [-0.2, 0) is 4.79 Å². The molecule has 0 unspecified atom stereocenters. The van der Waals surface area contributed by atoms with Crippen molar-refractivity contribution in [3.05, 3.63) is 29.8 Å². The van der Waals surface area contributed by atoms with Crippen LogP contribution in [0.4, 0.5) is 5.69 Å². The van der Waals surface area contributed by atoms with Crippen LogP contribution in [0.15, 0.2) is 24.3 Å². The lowest BCUT2D eigenvalue weighted by Crippen LogP contribution is -2.48. The molecule has 2 atom stereocenters. The van der Waals surface area contributed by atoms with Gasteiger partial charge in [-0.15, -0.1) is 0 Å². The lowest BCUT2D eigenvalue weighted by Gasteiger charge is -2.44. The number of anilines is 1. The van der Waals surface area contributed by atoms with Gasteiger partial charge in [-0.25, -0.2) is 0 Å². The average Bonchev–Trinajstić information content (AvgIpc) is 2.55. The maximum atomic E-state index is 12.4. The first-order chi connectivity index (χ1) is 11.1. The zero-order chi connectivity index (χ0) is 16.2. The second-order valence-corrected chi connectivity index (χ2v) is 6.89. The molecule has 23 heavy (non-hydrogen) atoms. The van der Waals surface area contributed by atoms with Crippen LogP contribution in [-0.4, -0.2) is 35.7 Å². The molecule has 0 aromatic heterocycles. The van der Waals surface area contributed by atoms with Gasteiger partial charge >= 0.3 is 0 Å². The van der Waals surface area contributed by atoms with Crippen molar-refractivity contribution in [2.45, 2.75) is 51.5 Å². The minimum Gasteiger partial charge on any atom is -0.326 e. The number of piperidine rings is 2. The second kappa shape index (κ2) is 7.26. The standard InChI is InChI=1S/C19H26N2O2/c1-14(22)15-7-9-17(10-8-15)20-19(23)13-16-5-4-12-21-11-3-2-6-18(16)21/h7-10,16,18H,2-6,11-13H2,1H3,(H,20,23)/t16-,18-/m1/s1. The van der Waals surface area contributed by atoms with Crippen molar-refractivity contribution in [1.82, 2.24) is 4.90 Å². The van der Waals surface area contributed by atoms with Crippen LogP contribution in [0.5, 0.6) is 0 Å². The molecule has 0 aliphatic carbocycles. The first-order valence-corrected chi connectivity index (χ1v) is 8.78. The van der Waals surface area contributed by atoms with E-state index in [9.17, 15) is 9.59 Å². The summed E-state index contributed by atoms with van der Waals surface area (Å²) in [6, 6.07) is 7.75. The smallest absolute Gasteiger partial charge is 0.224 e. The number of amides is 1. The quantitative estimate of drug-likeness (QED) is 0.866. The van der Waals surface area contributed by atoms with Crippen LogP contribution in [0.2, 0.25) is 0 Å². The molecule has 3 rings (SSSR count). The monoisotopic (exact) mass is 314 g/mol. The van der Waals surface area contributed by atoms with Crippen LogP contribution < -0.4 is 5.32 Å². The summed E-state index contributed by atoms with van der Waals surface area (Å²) < 4.78 is 0. The number of benzene rings is 1. The molecular formula is C19H26N2O2. The molecule has 4 nitrogen and oxygen atoms in total. The maximum Gasteiger partial charge on any atom is 0.224 e. The fourth-order valence-electron chi connectivity index (χ4n) is 4.05. The zero-order valence-electron chi connectivity index (χ0n) is 13.9. The lowest BCUT2D eigenvalue weighted by molar-refractivity contribution is -0.118. The van der Waals surface area contributed by atoms with Crippen LogP contribution in [0.3, 0.4) is 0 Å². The first kappa shape index (κ1) is 16.2. The van der Waals surface area contributed by atoms with Crippen LogP contribution in [0.1, 0.15) is 55.8 Å². The summed E-state index contributed by atoms with van der Waals surface area (Å²) in [5.41, 5.74) is 1.45. The van der Waals surface area contributed by atoms with Gasteiger partial charge in [0, 0.05) is 23.7 Å². The van der Waals surface area contributed by atoms with Crippen molar-refractivity contribution >= 4 is 17.4 Å². The molecule has 0 bridgehead atoms. The Morgan fingerprint density at radius 1 is 1.09 bits per heavy atom. The number of ketones is 1. The number of Topliss-reactive ketones (excluding diaryl/α,β-unsaturated/α-hetero) is 1. The molecule has 2 heterocycles. The first-order valence-electron chi connectivity index (χ1n) is 8.78. The highest BCUT2D eigenvalue weighted by Gasteiger charge is 2.33. The van der Waals surface area contributed by atoms with Gasteiger partial charge in [0.15, 0.2) is 5.78 Å². The number of fused-ring (bicyclic) bond motifs is 1. The van der Waals surface area contributed by atoms with Crippen molar-refractivity contribution in [2.24, 2.45) is 5.92 Å². The molecule has 1 aromatic rings. The predicted molar refractivity (Wildman–Crippen MR) is 91.6 cm³/mol. The molecule has 0 spiro atoms. The molecule has 1 amide bonds. The number of hydrogen-bond donors (Lipinski definition) is 1. The highest BCUT2D eigenvalue weighted by molar-refractivity contribution is 5.95. The van der Waals surface area contributed by atoms with E-state index >= 15 is 0 Å². The summed E-state index contributed by atoms with van der Waals surface area (Å²) >= 11 is 0. The number of carbonyl (C=O) groups excluding carboxylic acids is 2. The Kier molecular flexibility index (Phi) is 5.11. The third-order valence-corrected chi connectivity index (χ3v) is 5.25. The van der Waals surface area contributed by atoms with Crippen molar-refractivity contribution in [3.63, 3.8) is 0 Å². The predicted octanol–water partition coefficient (Wildman–Crippen LogP) is 3.48.